The van der Waals surface area contributed by atoms with Crippen LogP contribution < -0.4 is 4.72 Å². The van der Waals surface area contributed by atoms with E-state index >= 15 is 0 Å². The van der Waals surface area contributed by atoms with Gasteiger partial charge in [-0.3, -0.25) is 4.72 Å². The fraction of sp³-hybridized carbons (Fsp3) is 0.357. The minimum absolute atomic E-state index is 0.0292. The maximum absolute atomic E-state index is 12.1. The Morgan fingerprint density at radius 1 is 1.21 bits per heavy atom. The number of hydrogen-bond donors (Lipinski definition) is 3. The van der Waals surface area contributed by atoms with Crippen LogP contribution in [0.25, 0.3) is 11.3 Å². The zero-order valence-corrected chi connectivity index (χ0v) is 16.5. The smallest absolute Gasteiger partial charge is 0.260 e. The summed E-state index contributed by atoms with van der Waals surface area (Å²) in [5.74, 6) is 0.763. The molecule has 1 N–H and O–H groups in total. The van der Waals surface area contributed by atoms with Gasteiger partial charge in [0.25, 0.3) is 0 Å². The number of hydrogen-bond acceptors (Lipinski definition) is 7. The summed E-state index contributed by atoms with van der Waals surface area (Å²) < 4.78 is 38.9. The minimum atomic E-state index is -4.13. The Morgan fingerprint density at radius 3 is 2.54 bits per heavy atom. The van der Waals surface area contributed by atoms with Crippen molar-refractivity contribution in [3.8, 4) is 11.3 Å². The lowest BCUT2D eigenvalue weighted by atomic mass is 10.2. The average Bonchev–Trinajstić information content (AvgIpc) is 2.98. The molecule has 1 heterocycles. The maximum Gasteiger partial charge on any atom is 0.390 e. The largest absolute Gasteiger partial charge is 0.390 e. The van der Waals surface area contributed by atoms with Crippen molar-refractivity contribution in [2.75, 3.05) is 6.54 Å². The molecule has 0 spiro atoms. The first-order valence-corrected chi connectivity index (χ1v) is 10.6. The second-order valence-corrected chi connectivity index (χ2v) is 9.79. The fourth-order valence-corrected chi connectivity index (χ4v) is 4.19. The molecule has 2 aromatic rings. The van der Waals surface area contributed by atoms with Crippen molar-refractivity contribution in [1.82, 2.24) is 9.71 Å². The van der Waals surface area contributed by atoms with Gasteiger partial charge in [0.15, 0.2) is 0 Å². The summed E-state index contributed by atoms with van der Waals surface area (Å²) >= 11 is 12.8. The van der Waals surface area contributed by atoms with Crippen molar-refractivity contribution >= 4 is 60.3 Å². The number of rotatable bonds is 8. The molecular formula is C14H15F3N2S5. The van der Waals surface area contributed by atoms with E-state index < -0.39 is 12.6 Å². The number of nitrogens with zero attached hydrogens (tertiary/aromatic N) is 1. The first kappa shape index (κ1) is 20.3. The average molecular weight is 429 g/mol. The molecule has 0 amide bonds. The molecule has 0 aliphatic heterocycles. The van der Waals surface area contributed by atoms with Crippen LogP contribution in [0.2, 0.25) is 0 Å². The third-order valence-corrected chi connectivity index (χ3v) is 6.28. The molecule has 0 bridgehead atoms. The molecule has 0 unspecified atom stereocenters. The first-order chi connectivity index (χ1) is 11.3. The lowest BCUT2D eigenvalue weighted by molar-refractivity contribution is -0.132. The highest BCUT2D eigenvalue weighted by molar-refractivity contribution is 8.22. The van der Waals surface area contributed by atoms with Gasteiger partial charge in [-0.2, -0.15) is 38.4 Å². The number of nitrogens with one attached hydrogen (secondary N) is 1. The number of aromatic nitrogens is 1. The second kappa shape index (κ2) is 9.63. The molecule has 2 rings (SSSR count). The molecule has 0 aliphatic rings. The number of alkyl halides is 3. The molecule has 0 saturated heterocycles. The molecular weight excluding hydrogens is 413 g/mol. The Morgan fingerprint density at radius 2 is 1.92 bits per heavy atom. The highest BCUT2D eigenvalue weighted by atomic mass is 32.2. The van der Waals surface area contributed by atoms with Gasteiger partial charge < -0.3 is 0 Å². The summed E-state index contributed by atoms with van der Waals surface area (Å²) in [7, 11) is 0. The molecule has 2 nitrogen and oxygen atoms in total. The standard InChI is InChI=1S/C14H15F3N2S5/c15-14(16,17)5-6-18-24-10-3-1-9(2-4-10)11-7-22-12(19-11)8-23-13(20)21/h1-4,7,13,18,20-21H,5-6,8H2. The fourth-order valence-electron chi connectivity index (χ4n) is 1.68. The molecule has 0 fully saturated rings. The van der Waals surface area contributed by atoms with Crippen molar-refractivity contribution in [3.05, 3.63) is 34.7 Å². The molecule has 10 heteroatoms. The maximum atomic E-state index is 12.1. The third-order valence-electron chi connectivity index (χ3n) is 2.76. The summed E-state index contributed by atoms with van der Waals surface area (Å²) in [4.78, 5) is 5.43. The van der Waals surface area contributed by atoms with E-state index in [0.29, 0.717) is 0 Å². The van der Waals surface area contributed by atoms with E-state index in [-0.39, 0.29) is 10.5 Å². The number of thiazole rings is 1. The first-order valence-electron chi connectivity index (χ1n) is 6.82. The monoisotopic (exact) mass is 428 g/mol. The summed E-state index contributed by atoms with van der Waals surface area (Å²) in [5.41, 5.74) is 1.88. The Hall–Kier alpha value is -0.000000000000000167. The Bertz CT molecular complexity index is 628. The van der Waals surface area contributed by atoms with E-state index in [1.807, 2.05) is 29.6 Å². The predicted molar refractivity (Wildman–Crippen MR) is 105 cm³/mol. The van der Waals surface area contributed by atoms with Crippen LogP contribution in [0.1, 0.15) is 11.4 Å². The predicted octanol–water partition coefficient (Wildman–Crippen LogP) is 5.74. The SMILES string of the molecule is FC(F)(F)CCNSc1ccc(-c2csc(CSC(S)S)n2)cc1. The van der Waals surface area contributed by atoms with Crippen LogP contribution in [0.3, 0.4) is 0 Å². The van der Waals surface area contributed by atoms with Crippen LogP contribution in [0.15, 0.2) is 34.5 Å². The molecule has 132 valence electrons. The van der Waals surface area contributed by atoms with Crippen molar-refractivity contribution in [3.63, 3.8) is 0 Å². The van der Waals surface area contributed by atoms with Crippen LogP contribution in [-0.2, 0) is 5.75 Å². The highest BCUT2D eigenvalue weighted by Gasteiger charge is 2.25. The normalized spacial score (nSPS) is 12.1. The molecule has 0 radical (unpaired) electrons. The molecule has 0 aliphatic carbocycles. The summed E-state index contributed by atoms with van der Waals surface area (Å²) in [6, 6.07) is 7.57. The zero-order chi connectivity index (χ0) is 17.6. The zero-order valence-electron chi connectivity index (χ0n) is 12.3. The van der Waals surface area contributed by atoms with Gasteiger partial charge in [0.05, 0.1) is 16.0 Å². The molecule has 1 aromatic heterocycles. The number of thioether (sulfide) groups is 1. The lowest BCUT2D eigenvalue weighted by Gasteiger charge is -2.07. The molecule has 0 saturated carbocycles. The lowest BCUT2D eigenvalue weighted by Crippen LogP contribution is -2.16. The van der Waals surface area contributed by atoms with Crippen molar-refractivity contribution in [1.29, 1.82) is 0 Å². The topological polar surface area (TPSA) is 24.9 Å². The van der Waals surface area contributed by atoms with Crippen molar-refractivity contribution in [2.24, 2.45) is 0 Å². The van der Waals surface area contributed by atoms with Gasteiger partial charge in [0.1, 0.15) is 5.01 Å². The number of thiol groups is 2. The molecule has 24 heavy (non-hydrogen) atoms. The van der Waals surface area contributed by atoms with Gasteiger partial charge in [0, 0.05) is 28.1 Å². The van der Waals surface area contributed by atoms with Crippen molar-refractivity contribution < 1.29 is 13.2 Å². The van der Waals surface area contributed by atoms with E-state index in [4.69, 9.17) is 0 Å². The second-order valence-electron chi connectivity index (χ2n) is 4.65. The van der Waals surface area contributed by atoms with Crippen LogP contribution in [0.4, 0.5) is 13.2 Å². The van der Waals surface area contributed by atoms with Crippen LogP contribution in [-0.4, -0.2) is 21.6 Å². The number of benzene rings is 1. The van der Waals surface area contributed by atoms with Gasteiger partial charge in [-0.1, -0.05) is 12.1 Å². The van der Waals surface area contributed by atoms with E-state index in [9.17, 15) is 13.2 Å². The summed E-state index contributed by atoms with van der Waals surface area (Å²) in [6.45, 7) is -0.111. The quantitative estimate of drug-likeness (QED) is 0.216. The van der Waals surface area contributed by atoms with Gasteiger partial charge in [-0.05, 0) is 24.1 Å². The minimum Gasteiger partial charge on any atom is -0.260 e. The van der Waals surface area contributed by atoms with Gasteiger partial charge in [0.2, 0.25) is 0 Å². The summed E-state index contributed by atoms with van der Waals surface area (Å²) in [5, 5.41) is 3.00. The Balaban J connectivity index is 1.85. The van der Waals surface area contributed by atoms with E-state index in [2.05, 4.69) is 35.0 Å². The van der Waals surface area contributed by atoms with Crippen LogP contribution >= 0.6 is 60.3 Å². The third kappa shape index (κ3) is 7.49. The van der Waals surface area contributed by atoms with E-state index in [1.54, 1.807) is 23.1 Å². The molecule has 0 atom stereocenters. The Kier molecular flexibility index (Phi) is 8.15. The van der Waals surface area contributed by atoms with E-state index in [0.717, 1.165) is 26.9 Å². The van der Waals surface area contributed by atoms with Gasteiger partial charge in [-0.15, -0.1) is 23.1 Å². The highest BCUT2D eigenvalue weighted by Crippen LogP contribution is 2.29. The van der Waals surface area contributed by atoms with Crippen LogP contribution in [0, 0.1) is 0 Å². The Labute approximate surface area is 162 Å². The number of halogens is 3. The van der Waals surface area contributed by atoms with E-state index in [1.165, 1.54) is 11.9 Å². The van der Waals surface area contributed by atoms with Crippen molar-refractivity contribution in [2.45, 2.75) is 27.2 Å². The van der Waals surface area contributed by atoms with Gasteiger partial charge in [-0.25, -0.2) is 4.98 Å². The van der Waals surface area contributed by atoms with Crippen LogP contribution in [0.5, 0.6) is 0 Å². The molecule has 1 aromatic carbocycles. The summed E-state index contributed by atoms with van der Waals surface area (Å²) in [6.07, 6.45) is -4.96. The van der Waals surface area contributed by atoms with Gasteiger partial charge >= 0.3 is 6.18 Å².